The summed E-state index contributed by atoms with van der Waals surface area (Å²) in [6.07, 6.45) is 0.0430. The second kappa shape index (κ2) is 6.09. The van der Waals surface area contributed by atoms with Gasteiger partial charge in [0.05, 0.1) is 18.9 Å². The third kappa shape index (κ3) is 3.02. The molecule has 0 aliphatic rings. The first-order valence-corrected chi connectivity index (χ1v) is 6.91. The summed E-state index contributed by atoms with van der Waals surface area (Å²) in [4.78, 5) is 0. The molecule has 0 fully saturated rings. The minimum Gasteiger partial charge on any atom is -0.496 e. The molecular formula is C16H22N2O2. The van der Waals surface area contributed by atoms with E-state index in [4.69, 9.17) is 4.74 Å². The number of hydrogen-bond acceptors (Lipinski definition) is 3. The van der Waals surface area contributed by atoms with Crippen molar-refractivity contribution in [2.75, 3.05) is 7.11 Å². The summed E-state index contributed by atoms with van der Waals surface area (Å²) in [5.74, 6) is 0.843. The fourth-order valence-corrected chi connectivity index (χ4v) is 2.46. The molecule has 2 aromatic rings. The van der Waals surface area contributed by atoms with Crippen LogP contribution < -0.4 is 4.74 Å². The van der Waals surface area contributed by atoms with E-state index in [0.717, 1.165) is 34.8 Å². The van der Waals surface area contributed by atoms with Crippen LogP contribution in [0.5, 0.6) is 5.75 Å². The number of benzene rings is 1. The zero-order valence-corrected chi connectivity index (χ0v) is 12.6. The van der Waals surface area contributed by atoms with Gasteiger partial charge in [-0.05, 0) is 50.1 Å². The number of aromatic nitrogens is 2. The van der Waals surface area contributed by atoms with Crippen LogP contribution in [0.2, 0.25) is 0 Å². The van der Waals surface area contributed by atoms with Gasteiger partial charge < -0.3 is 9.84 Å². The zero-order chi connectivity index (χ0) is 14.7. The van der Waals surface area contributed by atoms with E-state index in [9.17, 15) is 5.11 Å². The number of ether oxygens (including phenoxy) is 1. The lowest BCUT2D eigenvalue weighted by molar-refractivity contribution is 0.175. The average molecular weight is 274 g/mol. The minimum absolute atomic E-state index is 0.527. The summed E-state index contributed by atoms with van der Waals surface area (Å²) in [6, 6.07) is 7.82. The van der Waals surface area contributed by atoms with Crippen LogP contribution in [-0.4, -0.2) is 22.0 Å². The van der Waals surface area contributed by atoms with Crippen LogP contribution in [0.3, 0.4) is 0 Å². The Kier molecular flexibility index (Phi) is 4.45. The van der Waals surface area contributed by atoms with Crippen LogP contribution in [0.4, 0.5) is 0 Å². The van der Waals surface area contributed by atoms with Gasteiger partial charge in [0, 0.05) is 18.7 Å². The van der Waals surface area contributed by atoms with Crippen LogP contribution in [-0.2, 0) is 13.0 Å². The summed E-state index contributed by atoms with van der Waals surface area (Å²) < 4.78 is 7.18. The lowest BCUT2D eigenvalue weighted by Gasteiger charge is -2.14. The number of aryl methyl sites for hydroxylation is 3. The van der Waals surface area contributed by atoms with E-state index >= 15 is 0 Å². The topological polar surface area (TPSA) is 47.3 Å². The number of nitrogens with zero attached hydrogens (tertiary/aromatic N) is 2. The normalized spacial score (nSPS) is 12.4. The standard InChI is InChI=1S/C16H22N2O2/c1-5-18-14(9-12(3)17-18)10-15(19)13-6-7-16(20-4)11(2)8-13/h6-9,15,19H,5,10H2,1-4H3. The van der Waals surface area contributed by atoms with E-state index in [0.29, 0.717) is 6.42 Å². The van der Waals surface area contributed by atoms with E-state index in [-0.39, 0.29) is 0 Å². The Hall–Kier alpha value is -1.81. The molecule has 2 rings (SSSR count). The van der Waals surface area contributed by atoms with E-state index < -0.39 is 6.10 Å². The average Bonchev–Trinajstić information content (AvgIpc) is 2.78. The first kappa shape index (κ1) is 14.6. The molecule has 1 N–H and O–H groups in total. The highest BCUT2D eigenvalue weighted by Gasteiger charge is 2.13. The van der Waals surface area contributed by atoms with Gasteiger partial charge in [-0.1, -0.05) is 6.07 Å². The summed E-state index contributed by atoms with van der Waals surface area (Å²) in [7, 11) is 1.65. The number of aliphatic hydroxyl groups is 1. The highest BCUT2D eigenvalue weighted by atomic mass is 16.5. The van der Waals surface area contributed by atoms with Gasteiger partial charge in [0.2, 0.25) is 0 Å². The minimum atomic E-state index is -0.527. The first-order valence-electron chi connectivity index (χ1n) is 6.91. The fraction of sp³-hybridized carbons (Fsp3) is 0.438. The van der Waals surface area contributed by atoms with Crippen molar-refractivity contribution in [3.63, 3.8) is 0 Å². The Labute approximate surface area is 120 Å². The van der Waals surface area contributed by atoms with Gasteiger partial charge in [0.1, 0.15) is 5.75 Å². The van der Waals surface area contributed by atoms with Crippen molar-refractivity contribution >= 4 is 0 Å². The van der Waals surface area contributed by atoms with Crippen molar-refractivity contribution in [2.24, 2.45) is 0 Å². The van der Waals surface area contributed by atoms with Crippen molar-refractivity contribution in [1.82, 2.24) is 9.78 Å². The molecule has 20 heavy (non-hydrogen) atoms. The van der Waals surface area contributed by atoms with E-state index in [1.54, 1.807) is 7.11 Å². The Balaban J connectivity index is 2.19. The predicted molar refractivity (Wildman–Crippen MR) is 79.0 cm³/mol. The molecular weight excluding hydrogens is 252 g/mol. The van der Waals surface area contributed by atoms with E-state index in [1.807, 2.05) is 42.8 Å². The molecule has 0 aliphatic carbocycles. The Bertz CT molecular complexity index is 590. The zero-order valence-electron chi connectivity index (χ0n) is 12.6. The highest BCUT2D eigenvalue weighted by Crippen LogP contribution is 2.24. The number of aliphatic hydroxyl groups excluding tert-OH is 1. The third-order valence-corrected chi connectivity index (χ3v) is 3.49. The summed E-state index contributed by atoms with van der Waals surface area (Å²) in [6.45, 7) is 6.83. The molecule has 1 unspecified atom stereocenters. The van der Waals surface area contributed by atoms with Crippen molar-refractivity contribution in [3.8, 4) is 5.75 Å². The molecule has 0 saturated carbocycles. The smallest absolute Gasteiger partial charge is 0.121 e. The first-order chi connectivity index (χ1) is 9.55. The lowest BCUT2D eigenvalue weighted by atomic mass is 10.0. The molecule has 4 heteroatoms. The summed E-state index contributed by atoms with van der Waals surface area (Å²) >= 11 is 0. The molecule has 0 amide bonds. The maximum atomic E-state index is 10.4. The second-order valence-corrected chi connectivity index (χ2v) is 5.04. The van der Waals surface area contributed by atoms with Crippen LogP contribution in [0.25, 0.3) is 0 Å². The molecule has 1 atom stereocenters. The number of rotatable bonds is 5. The van der Waals surface area contributed by atoms with Gasteiger partial charge >= 0.3 is 0 Å². The summed E-state index contributed by atoms with van der Waals surface area (Å²) in [5, 5.41) is 14.8. The van der Waals surface area contributed by atoms with Crippen molar-refractivity contribution in [2.45, 2.75) is 39.8 Å². The molecule has 4 nitrogen and oxygen atoms in total. The monoisotopic (exact) mass is 274 g/mol. The molecule has 1 aromatic carbocycles. The molecule has 0 bridgehead atoms. The van der Waals surface area contributed by atoms with Gasteiger partial charge in [-0.3, -0.25) is 4.68 Å². The molecule has 0 saturated heterocycles. The third-order valence-electron chi connectivity index (χ3n) is 3.49. The van der Waals surface area contributed by atoms with Crippen LogP contribution in [0, 0.1) is 13.8 Å². The summed E-state index contributed by atoms with van der Waals surface area (Å²) in [5.41, 5.74) is 3.99. The molecule has 108 valence electrons. The fourth-order valence-electron chi connectivity index (χ4n) is 2.46. The van der Waals surface area contributed by atoms with E-state index in [2.05, 4.69) is 12.0 Å². The van der Waals surface area contributed by atoms with Crippen molar-refractivity contribution in [1.29, 1.82) is 0 Å². The highest BCUT2D eigenvalue weighted by molar-refractivity contribution is 5.37. The predicted octanol–water partition coefficient (Wildman–Crippen LogP) is 2.80. The second-order valence-electron chi connectivity index (χ2n) is 5.04. The molecule has 1 aromatic heterocycles. The SMILES string of the molecule is CCn1nc(C)cc1CC(O)c1ccc(OC)c(C)c1. The molecule has 0 spiro atoms. The van der Waals surface area contributed by atoms with Gasteiger partial charge in [-0.25, -0.2) is 0 Å². The van der Waals surface area contributed by atoms with Gasteiger partial charge in [-0.15, -0.1) is 0 Å². The largest absolute Gasteiger partial charge is 0.496 e. The van der Waals surface area contributed by atoms with Crippen molar-refractivity contribution < 1.29 is 9.84 Å². The lowest BCUT2D eigenvalue weighted by Crippen LogP contribution is -2.08. The number of hydrogen-bond donors (Lipinski definition) is 1. The Morgan fingerprint density at radius 2 is 2.05 bits per heavy atom. The van der Waals surface area contributed by atoms with Crippen molar-refractivity contribution in [3.05, 3.63) is 46.8 Å². The van der Waals surface area contributed by atoms with Gasteiger partial charge in [0.15, 0.2) is 0 Å². The van der Waals surface area contributed by atoms with Crippen LogP contribution in [0.1, 0.15) is 35.5 Å². The number of methoxy groups -OCH3 is 1. The van der Waals surface area contributed by atoms with Crippen LogP contribution >= 0.6 is 0 Å². The van der Waals surface area contributed by atoms with E-state index in [1.165, 1.54) is 0 Å². The van der Waals surface area contributed by atoms with Gasteiger partial charge in [0.25, 0.3) is 0 Å². The van der Waals surface area contributed by atoms with Crippen LogP contribution in [0.15, 0.2) is 24.3 Å². The maximum absolute atomic E-state index is 10.4. The molecule has 0 aliphatic heterocycles. The molecule has 1 heterocycles. The molecule has 0 radical (unpaired) electrons. The van der Waals surface area contributed by atoms with Gasteiger partial charge in [-0.2, -0.15) is 5.10 Å². The Morgan fingerprint density at radius 1 is 1.30 bits per heavy atom. The maximum Gasteiger partial charge on any atom is 0.121 e. The Morgan fingerprint density at radius 3 is 2.65 bits per heavy atom. The quantitative estimate of drug-likeness (QED) is 0.912.